The number of aromatic amines is 1. The molecule has 0 spiro atoms. The maximum Gasteiger partial charge on any atom is 0.287 e. The molecule has 9 heteroatoms. The number of amides is 2. The van der Waals surface area contributed by atoms with Gasteiger partial charge < -0.3 is 9.15 Å². The van der Waals surface area contributed by atoms with Crippen molar-refractivity contribution in [2.45, 2.75) is 19.3 Å². The van der Waals surface area contributed by atoms with Crippen LogP contribution in [0, 0.1) is 0 Å². The Morgan fingerprint density at radius 1 is 1.03 bits per heavy atom. The van der Waals surface area contributed by atoms with E-state index in [0.717, 1.165) is 16.9 Å². The lowest BCUT2D eigenvalue weighted by Gasteiger charge is -2.05. The van der Waals surface area contributed by atoms with Crippen molar-refractivity contribution in [1.82, 2.24) is 26.0 Å². The Balaban J connectivity index is 1.21. The van der Waals surface area contributed by atoms with Crippen molar-refractivity contribution in [3.8, 4) is 28.3 Å². The lowest BCUT2D eigenvalue weighted by atomic mass is 10.1. The standard InChI is InChI=1S/C24H23N5O4/c1-32-18-12-10-16(11-13-18)19-14-20(27-26-19)24(31)29-28-22(30)8-5-9-23-25-15-21(33-23)17-6-3-2-4-7-17/h2-4,6-7,10-15H,5,8-9H2,1H3,(H,26,27)(H,28,30)(H,29,31). The number of ether oxygens (including phenoxy) is 1. The molecule has 0 radical (unpaired) electrons. The van der Waals surface area contributed by atoms with Gasteiger partial charge in [-0.05, 0) is 36.8 Å². The van der Waals surface area contributed by atoms with Gasteiger partial charge in [-0.15, -0.1) is 0 Å². The van der Waals surface area contributed by atoms with Crippen LogP contribution in [0.2, 0.25) is 0 Å². The van der Waals surface area contributed by atoms with E-state index in [4.69, 9.17) is 9.15 Å². The summed E-state index contributed by atoms with van der Waals surface area (Å²) in [6.07, 6.45) is 2.93. The number of carbonyl (C=O) groups excluding carboxylic acids is 2. The first-order valence-electron chi connectivity index (χ1n) is 10.4. The zero-order chi connectivity index (χ0) is 23.0. The molecule has 2 aromatic carbocycles. The number of rotatable bonds is 8. The molecule has 0 aliphatic carbocycles. The minimum atomic E-state index is -0.490. The summed E-state index contributed by atoms with van der Waals surface area (Å²) >= 11 is 0. The van der Waals surface area contributed by atoms with Crippen LogP contribution in [-0.2, 0) is 11.2 Å². The van der Waals surface area contributed by atoms with Crippen molar-refractivity contribution in [3.63, 3.8) is 0 Å². The Labute approximate surface area is 190 Å². The van der Waals surface area contributed by atoms with Gasteiger partial charge in [0.15, 0.2) is 11.7 Å². The number of oxazole rings is 1. The van der Waals surface area contributed by atoms with Crippen LogP contribution in [0.3, 0.4) is 0 Å². The molecule has 0 saturated carbocycles. The number of nitrogens with zero attached hydrogens (tertiary/aromatic N) is 2. The highest BCUT2D eigenvalue weighted by Gasteiger charge is 2.13. The van der Waals surface area contributed by atoms with E-state index in [1.54, 1.807) is 19.4 Å². The Bertz CT molecular complexity index is 1220. The number of benzene rings is 2. The molecule has 0 aliphatic heterocycles. The van der Waals surface area contributed by atoms with Crippen LogP contribution in [0.15, 0.2) is 71.3 Å². The topological polar surface area (TPSA) is 122 Å². The molecule has 0 fully saturated rings. The first kappa shape index (κ1) is 21.8. The van der Waals surface area contributed by atoms with Crippen LogP contribution in [-0.4, -0.2) is 34.1 Å². The fraction of sp³-hybridized carbons (Fsp3) is 0.167. The molecule has 0 saturated heterocycles. The minimum Gasteiger partial charge on any atom is -0.497 e. The number of carbonyl (C=O) groups is 2. The second-order valence-corrected chi connectivity index (χ2v) is 7.24. The van der Waals surface area contributed by atoms with Crippen molar-refractivity contribution in [2.75, 3.05) is 7.11 Å². The van der Waals surface area contributed by atoms with Crippen molar-refractivity contribution in [2.24, 2.45) is 0 Å². The van der Waals surface area contributed by atoms with Crippen LogP contribution in [0.1, 0.15) is 29.2 Å². The van der Waals surface area contributed by atoms with Gasteiger partial charge >= 0.3 is 0 Å². The molecule has 9 nitrogen and oxygen atoms in total. The summed E-state index contributed by atoms with van der Waals surface area (Å²) in [5.41, 5.74) is 7.41. The van der Waals surface area contributed by atoms with E-state index in [9.17, 15) is 9.59 Å². The van der Waals surface area contributed by atoms with Gasteiger partial charge in [0.1, 0.15) is 11.4 Å². The van der Waals surface area contributed by atoms with E-state index in [-0.39, 0.29) is 18.0 Å². The third-order valence-electron chi connectivity index (χ3n) is 4.93. The van der Waals surface area contributed by atoms with E-state index in [1.165, 1.54) is 0 Å². The van der Waals surface area contributed by atoms with Crippen molar-refractivity contribution in [1.29, 1.82) is 0 Å². The van der Waals surface area contributed by atoms with Gasteiger partial charge in [0.05, 0.1) is 19.0 Å². The van der Waals surface area contributed by atoms with Gasteiger partial charge in [-0.25, -0.2) is 4.98 Å². The molecule has 168 valence electrons. The van der Waals surface area contributed by atoms with Gasteiger partial charge in [-0.2, -0.15) is 5.10 Å². The number of hydrogen-bond acceptors (Lipinski definition) is 6. The van der Waals surface area contributed by atoms with E-state index >= 15 is 0 Å². The van der Waals surface area contributed by atoms with E-state index in [1.807, 2.05) is 54.6 Å². The van der Waals surface area contributed by atoms with E-state index in [2.05, 4.69) is 26.0 Å². The smallest absolute Gasteiger partial charge is 0.287 e. The number of aryl methyl sites for hydroxylation is 1. The van der Waals surface area contributed by atoms with Crippen LogP contribution in [0.4, 0.5) is 0 Å². The maximum absolute atomic E-state index is 12.3. The summed E-state index contributed by atoms with van der Waals surface area (Å²) in [5, 5.41) is 6.81. The number of hydrogen-bond donors (Lipinski definition) is 3. The highest BCUT2D eigenvalue weighted by atomic mass is 16.5. The molecule has 33 heavy (non-hydrogen) atoms. The van der Waals surface area contributed by atoms with Crippen molar-refractivity contribution < 1.29 is 18.7 Å². The highest BCUT2D eigenvalue weighted by Crippen LogP contribution is 2.21. The molecule has 0 unspecified atom stereocenters. The van der Waals surface area contributed by atoms with Crippen molar-refractivity contribution >= 4 is 11.8 Å². The molecule has 0 aliphatic rings. The summed E-state index contributed by atoms with van der Waals surface area (Å²) < 4.78 is 10.9. The number of H-pyrrole nitrogens is 1. The second-order valence-electron chi connectivity index (χ2n) is 7.24. The first-order chi connectivity index (χ1) is 16.1. The zero-order valence-corrected chi connectivity index (χ0v) is 18.0. The van der Waals surface area contributed by atoms with Crippen LogP contribution in [0.5, 0.6) is 5.75 Å². The first-order valence-corrected chi connectivity index (χ1v) is 10.4. The van der Waals surface area contributed by atoms with Gasteiger partial charge in [-0.1, -0.05) is 30.3 Å². The van der Waals surface area contributed by atoms with E-state index in [0.29, 0.717) is 30.2 Å². The minimum absolute atomic E-state index is 0.212. The fourth-order valence-electron chi connectivity index (χ4n) is 3.17. The predicted octanol–water partition coefficient (Wildman–Crippen LogP) is 3.52. The molecule has 2 amide bonds. The zero-order valence-electron chi connectivity index (χ0n) is 18.0. The fourth-order valence-corrected chi connectivity index (χ4v) is 3.17. The quantitative estimate of drug-likeness (QED) is 0.357. The van der Waals surface area contributed by atoms with Crippen LogP contribution < -0.4 is 15.6 Å². The van der Waals surface area contributed by atoms with E-state index < -0.39 is 5.91 Å². The molecule has 3 N–H and O–H groups in total. The lowest BCUT2D eigenvalue weighted by Crippen LogP contribution is -2.41. The molecular weight excluding hydrogens is 422 g/mol. The average molecular weight is 445 g/mol. The summed E-state index contributed by atoms with van der Waals surface area (Å²) in [4.78, 5) is 28.6. The number of aromatic nitrogens is 3. The summed E-state index contributed by atoms with van der Waals surface area (Å²) in [6, 6.07) is 18.6. The predicted molar refractivity (Wildman–Crippen MR) is 121 cm³/mol. The molecule has 0 bridgehead atoms. The second kappa shape index (κ2) is 10.3. The number of nitrogens with one attached hydrogen (secondary N) is 3. The van der Waals surface area contributed by atoms with Gasteiger partial charge in [0, 0.05) is 24.0 Å². The highest BCUT2D eigenvalue weighted by molar-refractivity contribution is 5.94. The molecular formula is C24H23N5O4. The Kier molecular flexibility index (Phi) is 6.79. The molecule has 2 heterocycles. The summed E-state index contributed by atoms with van der Waals surface area (Å²) in [5.74, 6) is 1.18. The molecule has 0 atom stereocenters. The molecule has 2 aromatic heterocycles. The van der Waals surface area contributed by atoms with Crippen molar-refractivity contribution in [3.05, 3.63) is 78.4 Å². The average Bonchev–Trinajstić information content (AvgIpc) is 3.54. The Morgan fingerprint density at radius 2 is 1.82 bits per heavy atom. The Morgan fingerprint density at radius 3 is 2.58 bits per heavy atom. The molecule has 4 aromatic rings. The monoisotopic (exact) mass is 445 g/mol. The van der Waals surface area contributed by atoms with Crippen LogP contribution >= 0.6 is 0 Å². The third kappa shape index (κ3) is 5.65. The third-order valence-corrected chi connectivity index (χ3v) is 4.93. The number of methoxy groups -OCH3 is 1. The SMILES string of the molecule is COc1ccc(-c2cc(C(=O)NNC(=O)CCCc3ncc(-c4ccccc4)o3)[nH]n2)cc1. The number of hydrazine groups is 1. The normalized spacial score (nSPS) is 10.6. The summed E-state index contributed by atoms with van der Waals surface area (Å²) in [7, 11) is 1.59. The lowest BCUT2D eigenvalue weighted by molar-refractivity contribution is -0.121. The molecule has 4 rings (SSSR count). The Hall–Kier alpha value is -4.40. The van der Waals surface area contributed by atoms with Gasteiger partial charge in [-0.3, -0.25) is 25.5 Å². The summed E-state index contributed by atoms with van der Waals surface area (Å²) in [6.45, 7) is 0. The van der Waals surface area contributed by atoms with Gasteiger partial charge in [0.2, 0.25) is 5.91 Å². The van der Waals surface area contributed by atoms with Crippen LogP contribution in [0.25, 0.3) is 22.6 Å². The maximum atomic E-state index is 12.3. The largest absolute Gasteiger partial charge is 0.497 e. The van der Waals surface area contributed by atoms with Gasteiger partial charge in [0.25, 0.3) is 5.91 Å².